The van der Waals surface area contributed by atoms with E-state index in [0.29, 0.717) is 19.3 Å². The molecule has 0 aromatic heterocycles. The highest BCUT2D eigenvalue weighted by Crippen LogP contribution is 2.15. The van der Waals surface area contributed by atoms with Crippen LogP contribution in [0.3, 0.4) is 0 Å². The van der Waals surface area contributed by atoms with Crippen molar-refractivity contribution >= 4 is 17.9 Å². The largest absolute Gasteiger partial charge is 0.462 e. The van der Waals surface area contributed by atoms with Crippen molar-refractivity contribution in [3.63, 3.8) is 0 Å². The molecule has 6 heteroatoms. The van der Waals surface area contributed by atoms with Gasteiger partial charge in [-0.1, -0.05) is 204 Å². The van der Waals surface area contributed by atoms with E-state index in [4.69, 9.17) is 14.2 Å². The Bertz CT molecular complexity index is 1030. The van der Waals surface area contributed by atoms with E-state index < -0.39 is 6.10 Å². The van der Waals surface area contributed by atoms with Crippen molar-refractivity contribution in [3.8, 4) is 0 Å². The van der Waals surface area contributed by atoms with Gasteiger partial charge in [-0.15, -0.1) is 0 Å². The number of allylic oxidation sites excluding steroid dienone is 8. The molecule has 0 aliphatic carbocycles. The zero-order valence-electron chi connectivity index (χ0n) is 38.3. The molecule has 0 aliphatic rings. The molecular weight excluding hydrogens is 721 g/mol. The average Bonchev–Trinajstić information content (AvgIpc) is 3.22. The van der Waals surface area contributed by atoms with Crippen molar-refractivity contribution in [2.24, 2.45) is 0 Å². The zero-order chi connectivity index (χ0) is 42.3. The predicted molar refractivity (Wildman–Crippen MR) is 247 cm³/mol. The van der Waals surface area contributed by atoms with E-state index in [9.17, 15) is 14.4 Å². The van der Waals surface area contributed by atoms with Crippen LogP contribution < -0.4 is 0 Å². The molecule has 0 radical (unpaired) electrons. The first kappa shape index (κ1) is 55.4. The average molecular weight is 813 g/mol. The Labute approximate surface area is 358 Å². The molecular formula is C52H92O6. The number of carbonyl (C=O) groups is 3. The zero-order valence-corrected chi connectivity index (χ0v) is 38.3. The van der Waals surface area contributed by atoms with Crippen molar-refractivity contribution < 1.29 is 28.6 Å². The molecule has 58 heavy (non-hydrogen) atoms. The summed E-state index contributed by atoms with van der Waals surface area (Å²) in [5.41, 5.74) is 0. The maximum absolute atomic E-state index is 12.8. The van der Waals surface area contributed by atoms with Crippen LogP contribution in [-0.2, 0) is 28.6 Å². The van der Waals surface area contributed by atoms with Crippen LogP contribution in [0.4, 0.5) is 0 Å². The molecule has 0 spiro atoms. The second-order valence-corrected chi connectivity index (χ2v) is 16.3. The van der Waals surface area contributed by atoms with E-state index in [2.05, 4.69) is 69.4 Å². The fourth-order valence-electron chi connectivity index (χ4n) is 6.85. The maximum Gasteiger partial charge on any atom is 0.306 e. The first-order chi connectivity index (χ1) is 28.5. The molecule has 1 atom stereocenters. The highest BCUT2D eigenvalue weighted by molar-refractivity contribution is 5.71. The summed E-state index contributed by atoms with van der Waals surface area (Å²) < 4.78 is 16.7. The topological polar surface area (TPSA) is 78.9 Å². The van der Waals surface area contributed by atoms with E-state index in [0.717, 1.165) is 103 Å². The predicted octanol–water partition coefficient (Wildman–Crippen LogP) is 15.9. The van der Waals surface area contributed by atoms with Crippen molar-refractivity contribution in [3.05, 3.63) is 48.6 Å². The smallest absolute Gasteiger partial charge is 0.306 e. The summed E-state index contributed by atoms with van der Waals surface area (Å²) in [6.07, 6.45) is 55.2. The lowest BCUT2D eigenvalue weighted by Gasteiger charge is -2.18. The van der Waals surface area contributed by atoms with Crippen LogP contribution in [0.5, 0.6) is 0 Å². The molecule has 0 rings (SSSR count). The molecule has 336 valence electrons. The third-order valence-corrected chi connectivity index (χ3v) is 10.6. The van der Waals surface area contributed by atoms with Gasteiger partial charge in [-0.2, -0.15) is 0 Å². The van der Waals surface area contributed by atoms with Crippen LogP contribution in [0.25, 0.3) is 0 Å². The fraction of sp³-hybridized carbons (Fsp3) is 0.788. The minimum Gasteiger partial charge on any atom is -0.462 e. The van der Waals surface area contributed by atoms with Crippen molar-refractivity contribution in [1.82, 2.24) is 0 Å². The Morgan fingerprint density at radius 1 is 0.362 bits per heavy atom. The number of esters is 3. The Balaban J connectivity index is 4.39. The SMILES string of the molecule is CC/C=C\C/C=C\C/C=C\CCCCCCCC(=O)OC[C@@H](COC(=O)CCCCCCC/C=C\CCCC)OC(=O)CCCCCCCCCCCCCCCC. The van der Waals surface area contributed by atoms with Crippen LogP contribution in [0, 0.1) is 0 Å². The van der Waals surface area contributed by atoms with Gasteiger partial charge in [0.25, 0.3) is 0 Å². The summed E-state index contributed by atoms with van der Waals surface area (Å²) in [5, 5.41) is 0. The molecule has 0 unspecified atom stereocenters. The minimum atomic E-state index is -0.779. The lowest BCUT2D eigenvalue weighted by molar-refractivity contribution is -0.167. The number of ether oxygens (including phenoxy) is 3. The molecule has 0 N–H and O–H groups in total. The second-order valence-electron chi connectivity index (χ2n) is 16.3. The Morgan fingerprint density at radius 3 is 1.12 bits per heavy atom. The molecule has 0 amide bonds. The summed E-state index contributed by atoms with van der Waals surface area (Å²) in [7, 11) is 0. The quantitative estimate of drug-likeness (QED) is 0.0264. The highest BCUT2D eigenvalue weighted by Gasteiger charge is 2.19. The first-order valence-corrected chi connectivity index (χ1v) is 24.6. The van der Waals surface area contributed by atoms with Gasteiger partial charge in [0.1, 0.15) is 13.2 Å². The molecule has 0 bridgehead atoms. The van der Waals surface area contributed by atoms with Gasteiger partial charge in [0.05, 0.1) is 0 Å². The van der Waals surface area contributed by atoms with Gasteiger partial charge in [0.15, 0.2) is 6.10 Å². The normalized spacial score (nSPS) is 12.4. The molecule has 0 aromatic carbocycles. The van der Waals surface area contributed by atoms with E-state index in [-0.39, 0.29) is 31.1 Å². The third kappa shape index (κ3) is 44.5. The van der Waals surface area contributed by atoms with Crippen molar-refractivity contribution in [2.45, 2.75) is 252 Å². The van der Waals surface area contributed by atoms with Gasteiger partial charge < -0.3 is 14.2 Å². The molecule has 0 fully saturated rings. The van der Waals surface area contributed by atoms with Crippen LogP contribution in [0.1, 0.15) is 245 Å². The van der Waals surface area contributed by atoms with E-state index in [1.165, 1.54) is 103 Å². The summed E-state index contributed by atoms with van der Waals surface area (Å²) in [4.78, 5) is 37.8. The molecule has 0 saturated carbocycles. The molecule has 6 nitrogen and oxygen atoms in total. The van der Waals surface area contributed by atoms with E-state index in [1.54, 1.807) is 0 Å². The lowest BCUT2D eigenvalue weighted by atomic mass is 10.0. The number of hydrogen-bond acceptors (Lipinski definition) is 6. The summed E-state index contributed by atoms with van der Waals surface area (Å²) in [5.74, 6) is -0.902. The molecule has 0 aliphatic heterocycles. The van der Waals surface area contributed by atoms with Gasteiger partial charge in [0, 0.05) is 19.3 Å². The van der Waals surface area contributed by atoms with Crippen LogP contribution in [0.2, 0.25) is 0 Å². The molecule has 0 heterocycles. The summed E-state index contributed by atoms with van der Waals surface area (Å²) in [6, 6.07) is 0. The minimum absolute atomic E-state index is 0.0814. The second kappa shape index (κ2) is 47.1. The number of carbonyl (C=O) groups excluding carboxylic acids is 3. The Kier molecular flexibility index (Phi) is 44.9. The van der Waals surface area contributed by atoms with Gasteiger partial charge in [-0.05, 0) is 70.6 Å². The van der Waals surface area contributed by atoms with Crippen molar-refractivity contribution in [1.29, 1.82) is 0 Å². The van der Waals surface area contributed by atoms with Gasteiger partial charge in [-0.3, -0.25) is 14.4 Å². The van der Waals surface area contributed by atoms with Crippen molar-refractivity contribution in [2.75, 3.05) is 13.2 Å². The summed E-state index contributed by atoms with van der Waals surface area (Å²) in [6.45, 7) is 6.47. The van der Waals surface area contributed by atoms with Crippen LogP contribution in [-0.4, -0.2) is 37.2 Å². The number of unbranched alkanes of at least 4 members (excludes halogenated alkanes) is 25. The van der Waals surface area contributed by atoms with Gasteiger partial charge in [0.2, 0.25) is 0 Å². The summed E-state index contributed by atoms with van der Waals surface area (Å²) >= 11 is 0. The van der Waals surface area contributed by atoms with Crippen LogP contribution >= 0.6 is 0 Å². The van der Waals surface area contributed by atoms with E-state index in [1.807, 2.05) is 0 Å². The number of hydrogen-bond donors (Lipinski definition) is 0. The Morgan fingerprint density at radius 2 is 0.690 bits per heavy atom. The lowest BCUT2D eigenvalue weighted by Crippen LogP contribution is -2.30. The molecule has 0 aromatic rings. The van der Waals surface area contributed by atoms with Crippen LogP contribution in [0.15, 0.2) is 48.6 Å². The first-order valence-electron chi connectivity index (χ1n) is 24.6. The highest BCUT2D eigenvalue weighted by atomic mass is 16.6. The standard InChI is InChI=1S/C52H92O6/c1-4-7-10-13-16-19-22-24-26-28-30-33-36-39-42-45-51(54)57-48-49(47-56-50(53)44-41-38-35-32-29-21-18-15-12-9-6-3)58-52(55)46-43-40-37-34-31-27-25-23-20-17-14-11-8-5-2/h7,10,15-16,18-19,24,26,49H,4-6,8-9,11-14,17,20-23,25,27-48H2,1-3H3/b10-7-,18-15-,19-16-,26-24-/t49-/m1/s1. The molecule has 0 saturated heterocycles. The fourth-order valence-corrected chi connectivity index (χ4v) is 6.85. The third-order valence-electron chi connectivity index (χ3n) is 10.6. The number of rotatable bonds is 44. The van der Waals surface area contributed by atoms with Gasteiger partial charge in [-0.25, -0.2) is 0 Å². The Hall–Kier alpha value is -2.63. The maximum atomic E-state index is 12.8. The van der Waals surface area contributed by atoms with E-state index >= 15 is 0 Å². The van der Waals surface area contributed by atoms with Gasteiger partial charge >= 0.3 is 17.9 Å². The monoisotopic (exact) mass is 813 g/mol.